The van der Waals surface area contributed by atoms with E-state index in [9.17, 15) is 0 Å². The van der Waals surface area contributed by atoms with Crippen LogP contribution in [0, 0.1) is 6.92 Å². The number of hydrogen-bond donors (Lipinski definition) is 0. The van der Waals surface area contributed by atoms with Crippen molar-refractivity contribution in [3.8, 4) is 0 Å². The van der Waals surface area contributed by atoms with Crippen molar-refractivity contribution in [2.24, 2.45) is 0 Å². The second-order valence-electron chi connectivity index (χ2n) is 5.42. The molecular weight excluding hydrogens is 248 g/mol. The average Bonchev–Trinajstić information content (AvgIpc) is 3.05. The van der Waals surface area contributed by atoms with Gasteiger partial charge < -0.3 is 4.57 Å². The fourth-order valence-corrected chi connectivity index (χ4v) is 3.16. The zero-order chi connectivity index (χ0) is 14.1. The molecule has 0 N–H and O–H groups in total. The van der Waals surface area contributed by atoms with Gasteiger partial charge in [-0.15, -0.1) is 0 Å². The Morgan fingerprint density at radius 1 is 1.45 bits per heavy atom. The molecule has 0 aliphatic carbocycles. The molecule has 1 atom stereocenters. The molecule has 106 valence electrons. The molecule has 0 amide bonds. The first-order chi connectivity index (χ1) is 9.72. The molecule has 0 radical (unpaired) electrons. The Labute approximate surface area is 120 Å². The van der Waals surface area contributed by atoms with Crippen molar-refractivity contribution in [3.63, 3.8) is 0 Å². The molecule has 3 rings (SSSR count). The molecule has 3 heterocycles. The van der Waals surface area contributed by atoms with E-state index in [1.165, 1.54) is 11.3 Å². The van der Waals surface area contributed by atoms with Crippen molar-refractivity contribution in [3.05, 3.63) is 48.1 Å². The molecule has 0 fully saturated rings. The highest BCUT2D eigenvalue weighted by Crippen LogP contribution is 2.30. The van der Waals surface area contributed by atoms with Gasteiger partial charge in [0, 0.05) is 49.5 Å². The summed E-state index contributed by atoms with van der Waals surface area (Å²) in [6.07, 6.45) is 7.16. The van der Waals surface area contributed by atoms with E-state index in [1.54, 1.807) is 10.9 Å². The third kappa shape index (κ3) is 2.20. The summed E-state index contributed by atoms with van der Waals surface area (Å²) < 4.78 is 4.18. The lowest BCUT2D eigenvalue weighted by Gasteiger charge is -2.36. The molecule has 0 saturated heterocycles. The largest absolute Gasteiger partial charge is 0.349 e. The summed E-state index contributed by atoms with van der Waals surface area (Å²) in [7, 11) is 0. The van der Waals surface area contributed by atoms with Crippen LogP contribution < -0.4 is 0 Å². The first-order valence-electron chi connectivity index (χ1n) is 7.29. The molecule has 0 bridgehead atoms. The van der Waals surface area contributed by atoms with Crippen molar-refractivity contribution in [1.29, 1.82) is 0 Å². The Bertz CT molecular complexity index is 608. The summed E-state index contributed by atoms with van der Waals surface area (Å²) in [4.78, 5) is 2.56. The van der Waals surface area contributed by atoms with Crippen LogP contribution in [0.1, 0.15) is 36.3 Å². The third-order valence-corrected chi connectivity index (χ3v) is 4.24. The molecule has 0 aromatic carbocycles. The van der Waals surface area contributed by atoms with Crippen LogP contribution in [0.25, 0.3) is 6.20 Å². The summed E-state index contributed by atoms with van der Waals surface area (Å²) in [5, 5.41) is 4.45. The van der Waals surface area contributed by atoms with E-state index in [0.29, 0.717) is 6.04 Å². The van der Waals surface area contributed by atoms with Crippen LogP contribution in [-0.4, -0.2) is 25.8 Å². The number of nitrogens with zero attached hydrogens (tertiary/aromatic N) is 4. The van der Waals surface area contributed by atoms with Crippen LogP contribution in [0.3, 0.4) is 0 Å². The SMILES string of the molecule is C=Cn1cc(CN2CCn3cccc3[C@@H]2CC)c(C)n1. The molecule has 0 unspecified atom stereocenters. The molecule has 0 spiro atoms. The van der Waals surface area contributed by atoms with Crippen LogP contribution >= 0.6 is 0 Å². The zero-order valence-corrected chi connectivity index (χ0v) is 12.3. The molecule has 1 aliphatic rings. The quantitative estimate of drug-likeness (QED) is 0.853. The van der Waals surface area contributed by atoms with E-state index >= 15 is 0 Å². The molecule has 0 saturated carbocycles. The third-order valence-electron chi connectivity index (χ3n) is 4.24. The molecule has 2 aromatic heterocycles. The molecular formula is C16H22N4. The molecule has 4 nitrogen and oxygen atoms in total. The molecule has 2 aromatic rings. The Morgan fingerprint density at radius 3 is 3.00 bits per heavy atom. The monoisotopic (exact) mass is 270 g/mol. The standard InChI is InChI=1S/C16H22N4/c1-4-15-16-7-6-8-18(16)9-10-19(15)11-14-12-20(5-2)17-13(14)3/h5-8,12,15H,2,4,9-11H2,1,3H3/t15-/m0/s1. The van der Waals surface area contributed by atoms with Gasteiger partial charge in [-0.1, -0.05) is 13.5 Å². The smallest absolute Gasteiger partial charge is 0.0642 e. The Morgan fingerprint density at radius 2 is 2.30 bits per heavy atom. The predicted octanol–water partition coefficient (Wildman–Crippen LogP) is 3.06. The first-order valence-corrected chi connectivity index (χ1v) is 7.29. The maximum absolute atomic E-state index is 4.45. The van der Waals surface area contributed by atoms with E-state index in [4.69, 9.17) is 0 Å². The highest BCUT2D eigenvalue weighted by atomic mass is 15.3. The number of aromatic nitrogens is 3. The van der Waals surface area contributed by atoms with Gasteiger partial charge >= 0.3 is 0 Å². The highest BCUT2D eigenvalue weighted by Gasteiger charge is 2.26. The summed E-state index contributed by atoms with van der Waals surface area (Å²) in [6, 6.07) is 4.91. The van der Waals surface area contributed by atoms with E-state index in [1.807, 2.05) is 0 Å². The van der Waals surface area contributed by atoms with Crippen LogP contribution in [0.15, 0.2) is 31.1 Å². The fraction of sp³-hybridized carbons (Fsp3) is 0.438. The summed E-state index contributed by atoms with van der Waals surface area (Å²) in [5.74, 6) is 0. The summed E-state index contributed by atoms with van der Waals surface area (Å²) in [5.41, 5.74) is 3.83. The second-order valence-corrected chi connectivity index (χ2v) is 5.42. The van der Waals surface area contributed by atoms with Gasteiger partial charge in [0.1, 0.15) is 0 Å². The maximum atomic E-state index is 4.45. The molecule has 1 aliphatic heterocycles. The Balaban J connectivity index is 1.83. The molecule has 4 heteroatoms. The Hall–Kier alpha value is -1.81. The van der Waals surface area contributed by atoms with Crippen molar-refractivity contribution < 1.29 is 0 Å². The minimum Gasteiger partial charge on any atom is -0.349 e. The predicted molar refractivity (Wildman–Crippen MR) is 81.2 cm³/mol. The number of fused-ring (bicyclic) bond motifs is 1. The van der Waals surface area contributed by atoms with Crippen molar-refractivity contribution in [1.82, 2.24) is 19.2 Å². The van der Waals surface area contributed by atoms with Crippen molar-refractivity contribution >= 4 is 6.20 Å². The van der Waals surface area contributed by atoms with Crippen LogP contribution in [0.5, 0.6) is 0 Å². The summed E-state index contributed by atoms with van der Waals surface area (Å²) >= 11 is 0. The summed E-state index contributed by atoms with van der Waals surface area (Å²) in [6.45, 7) is 11.2. The van der Waals surface area contributed by atoms with Gasteiger partial charge in [-0.25, -0.2) is 4.68 Å². The topological polar surface area (TPSA) is 26.0 Å². The van der Waals surface area contributed by atoms with Crippen LogP contribution in [0.4, 0.5) is 0 Å². The maximum Gasteiger partial charge on any atom is 0.0642 e. The first kappa shape index (κ1) is 13.2. The van der Waals surface area contributed by atoms with Gasteiger partial charge in [0.25, 0.3) is 0 Å². The number of aryl methyl sites for hydroxylation is 1. The van der Waals surface area contributed by atoms with Gasteiger partial charge in [-0.2, -0.15) is 5.10 Å². The number of rotatable bonds is 4. The normalized spacial score (nSPS) is 19.0. The highest BCUT2D eigenvalue weighted by molar-refractivity contribution is 5.24. The lowest BCUT2D eigenvalue weighted by Crippen LogP contribution is -2.37. The van der Waals surface area contributed by atoms with E-state index in [-0.39, 0.29) is 0 Å². The van der Waals surface area contributed by atoms with Gasteiger partial charge in [0.05, 0.1) is 11.7 Å². The van der Waals surface area contributed by atoms with Gasteiger partial charge in [-0.05, 0) is 25.5 Å². The van der Waals surface area contributed by atoms with Crippen LogP contribution in [0.2, 0.25) is 0 Å². The zero-order valence-electron chi connectivity index (χ0n) is 12.3. The lowest BCUT2D eigenvalue weighted by atomic mass is 10.1. The average molecular weight is 270 g/mol. The minimum atomic E-state index is 0.505. The van der Waals surface area contributed by atoms with Gasteiger partial charge in [0.2, 0.25) is 0 Å². The second kappa shape index (κ2) is 5.29. The fourth-order valence-electron chi connectivity index (χ4n) is 3.16. The van der Waals surface area contributed by atoms with E-state index < -0.39 is 0 Å². The van der Waals surface area contributed by atoms with E-state index in [2.05, 4.69) is 59.5 Å². The molecule has 20 heavy (non-hydrogen) atoms. The minimum absolute atomic E-state index is 0.505. The number of hydrogen-bond acceptors (Lipinski definition) is 2. The van der Waals surface area contributed by atoms with Gasteiger partial charge in [-0.3, -0.25) is 4.90 Å². The Kier molecular flexibility index (Phi) is 3.49. The van der Waals surface area contributed by atoms with Crippen molar-refractivity contribution in [2.45, 2.75) is 39.4 Å². The lowest BCUT2D eigenvalue weighted by molar-refractivity contribution is 0.144. The van der Waals surface area contributed by atoms with Crippen LogP contribution in [-0.2, 0) is 13.1 Å². The van der Waals surface area contributed by atoms with Gasteiger partial charge in [0.15, 0.2) is 0 Å². The van der Waals surface area contributed by atoms with Crippen molar-refractivity contribution in [2.75, 3.05) is 6.54 Å². The van der Waals surface area contributed by atoms with E-state index in [0.717, 1.165) is 31.7 Å².